The number of fused-ring (bicyclic) bond motifs is 6. The summed E-state index contributed by atoms with van der Waals surface area (Å²) in [4.78, 5) is 57.7. The average molecular weight is 625 g/mol. The van der Waals surface area contributed by atoms with Crippen molar-refractivity contribution in [3.8, 4) is 0 Å². The first-order chi connectivity index (χ1) is 23.3. The van der Waals surface area contributed by atoms with Gasteiger partial charge in [-0.05, 0) is 74.5 Å². The molecular formula is C40H24N4O4. The maximum Gasteiger partial charge on any atom is 0.280 e. The maximum atomic E-state index is 14.4. The Bertz CT molecular complexity index is 2590. The fraction of sp³-hybridized carbons (Fsp3) is 0.0500. The predicted molar refractivity (Wildman–Crippen MR) is 186 cm³/mol. The highest BCUT2D eigenvalue weighted by molar-refractivity contribution is 6.40. The van der Waals surface area contributed by atoms with Crippen molar-refractivity contribution in [2.24, 2.45) is 0 Å². The van der Waals surface area contributed by atoms with E-state index in [0.29, 0.717) is 10.8 Å². The fourth-order valence-corrected chi connectivity index (χ4v) is 7.78. The van der Waals surface area contributed by atoms with E-state index in [-0.39, 0.29) is 22.3 Å². The van der Waals surface area contributed by atoms with Crippen LogP contribution >= 0.6 is 0 Å². The number of nitrogens with zero attached hydrogens (tertiary/aromatic N) is 4. The molecule has 8 aromatic rings. The molecule has 8 nitrogen and oxygen atoms in total. The van der Waals surface area contributed by atoms with E-state index >= 15 is 0 Å². The molecule has 4 amide bonds. The van der Waals surface area contributed by atoms with Gasteiger partial charge in [0.2, 0.25) is 0 Å². The second kappa shape index (κ2) is 9.04. The van der Waals surface area contributed by atoms with E-state index < -0.39 is 23.6 Å². The molecule has 0 N–H and O–H groups in total. The van der Waals surface area contributed by atoms with Crippen LogP contribution in [0.4, 0.5) is 0 Å². The Hall–Kier alpha value is -6.54. The zero-order valence-electron chi connectivity index (χ0n) is 25.8. The van der Waals surface area contributed by atoms with Gasteiger partial charge in [0.1, 0.15) is 0 Å². The highest BCUT2D eigenvalue weighted by Crippen LogP contribution is 2.40. The number of carbonyl (C=O) groups is 4. The minimum absolute atomic E-state index is 0.254. The summed E-state index contributed by atoms with van der Waals surface area (Å²) in [5.41, 5.74) is 6.02. The lowest BCUT2D eigenvalue weighted by Crippen LogP contribution is -2.50. The minimum Gasteiger partial charge on any atom is -0.267 e. The van der Waals surface area contributed by atoms with E-state index in [0.717, 1.165) is 54.7 Å². The minimum atomic E-state index is -0.528. The summed E-state index contributed by atoms with van der Waals surface area (Å²) in [5, 5.41) is 6.71. The summed E-state index contributed by atoms with van der Waals surface area (Å²) in [5.74, 6) is -2.11. The van der Waals surface area contributed by atoms with Gasteiger partial charge in [-0.15, -0.1) is 0 Å². The molecule has 0 fully saturated rings. The predicted octanol–water partition coefficient (Wildman–Crippen LogP) is 7.54. The number of hydrogen-bond donors (Lipinski definition) is 0. The van der Waals surface area contributed by atoms with Crippen LogP contribution in [0.5, 0.6) is 0 Å². The lowest BCUT2D eigenvalue weighted by Gasteiger charge is -2.33. The van der Waals surface area contributed by atoms with E-state index in [4.69, 9.17) is 0 Å². The van der Waals surface area contributed by atoms with Gasteiger partial charge in [-0.1, -0.05) is 59.7 Å². The zero-order valence-corrected chi connectivity index (χ0v) is 25.8. The Morgan fingerprint density at radius 3 is 1.08 bits per heavy atom. The van der Waals surface area contributed by atoms with Gasteiger partial charge >= 0.3 is 0 Å². The lowest BCUT2D eigenvalue weighted by atomic mass is 9.86. The number of aryl methyl sites for hydroxylation is 2. The van der Waals surface area contributed by atoms with Crippen LogP contribution in [0.25, 0.3) is 54.4 Å². The standard InChI is InChI=1S/C40H24N4O4/c1-21-11-17-33-29(19-21)23-7-3-5-9-31(23)41(33)43-37(45)25-13-15-27-36-28(16-14-26(35(25)36)38(43)46)40(48)44(39(27)47)42-32-10-6-4-8-24(32)30-20-22(2)12-18-34(30)42/h3-20H,1-2H3. The molecule has 0 saturated heterocycles. The van der Waals surface area contributed by atoms with Crippen molar-refractivity contribution >= 4 is 78.0 Å². The van der Waals surface area contributed by atoms with Gasteiger partial charge in [-0.25, -0.2) is 9.35 Å². The van der Waals surface area contributed by atoms with Crippen LogP contribution in [0, 0.1) is 13.8 Å². The van der Waals surface area contributed by atoms with Crippen LogP contribution in [0.3, 0.4) is 0 Å². The molecule has 0 unspecified atom stereocenters. The van der Waals surface area contributed by atoms with Crippen molar-refractivity contribution in [2.75, 3.05) is 10.0 Å². The van der Waals surface area contributed by atoms with Gasteiger partial charge in [0, 0.05) is 32.3 Å². The third-order valence-electron chi connectivity index (χ3n) is 9.86. The van der Waals surface area contributed by atoms with E-state index in [1.54, 1.807) is 33.6 Å². The second-order valence-corrected chi connectivity index (χ2v) is 12.6. The molecule has 4 heterocycles. The van der Waals surface area contributed by atoms with Crippen molar-refractivity contribution in [1.29, 1.82) is 0 Å². The van der Waals surface area contributed by atoms with Crippen molar-refractivity contribution < 1.29 is 19.2 Å². The smallest absolute Gasteiger partial charge is 0.267 e. The van der Waals surface area contributed by atoms with E-state index in [1.807, 2.05) is 98.8 Å². The van der Waals surface area contributed by atoms with Gasteiger partial charge in [-0.2, -0.15) is 10.0 Å². The molecule has 228 valence electrons. The van der Waals surface area contributed by atoms with Crippen molar-refractivity contribution in [3.63, 3.8) is 0 Å². The molecule has 0 bridgehead atoms. The molecule has 0 radical (unpaired) electrons. The molecule has 2 aliphatic rings. The largest absolute Gasteiger partial charge is 0.280 e. The quantitative estimate of drug-likeness (QED) is 0.186. The third kappa shape index (κ3) is 3.18. The molecule has 0 aliphatic carbocycles. The zero-order chi connectivity index (χ0) is 32.6. The Morgan fingerprint density at radius 1 is 0.375 bits per heavy atom. The van der Waals surface area contributed by atoms with E-state index in [9.17, 15) is 19.2 Å². The van der Waals surface area contributed by atoms with Gasteiger partial charge < -0.3 is 0 Å². The summed E-state index contributed by atoms with van der Waals surface area (Å²) in [6, 6.07) is 33.6. The highest BCUT2D eigenvalue weighted by atomic mass is 16.2. The Kier molecular flexibility index (Phi) is 5.02. The SMILES string of the molecule is Cc1ccc2c(c1)c1ccccc1n2N1C(=O)c2ccc3c4c(ccc(c24)C1=O)C(=O)N(n1c2ccccc2c2cc(C)ccc21)C3=O. The summed E-state index contributed by atoms with van der Waals surface area (Å²) in [6.07, 6.45) is 0. The van der Waals surface area contributed by atoms with Crippen LogP contribution in [0.15, 0.2) is 109 Å². The first-order valence-corrected chi connectivity index (χ1v) is 15.7. The molecular weight excluding hydrogens is 600 g/mol. The van der Waals surface area contributed by atoms with Gasteiger partial charge in [0.05, 0.1) is 44.3 Å². The van der Waals surface area contributed by atoms with Crippen LogP contribution in [0.2, 0.25) is 0 Å². The van der Waals surface area contributed by atoms with Crippen LogP contribution in [0.1, 0.15) is 52.6 Å². The lowest BCUT2D eigenvalue weighted by molar-refractivity contribution is 0.0836. The van der Waals surface area contributed by atoms with Crippen LogP contribution in [-0.2, 0) is 0 Å². The number of aromatic nitrogens is 2. The van der Waals surface area contributed by atoms with Crippen LogP contribution < -0.4 is 10.0 Å². The second-order valence-electron chi connectivity index (χ2n) is 12.6. The topological polar surface area (TPSA) is 84.6 Å². The number of para-hydroxylation sites is 2. The van der Waals surface area contributed by atoms with Gasteiger partial charge in [0.25, 0.3) is 23.6 Å². The van der Waals surface area contributed by atoms with E-state index in [1.165, 1.54) is 10.0 Å². The molecule has 0 spiro atoms. The molecule has 48 heavy (non-hydrogen) atoms. The number of amides is 4. The summed E-state index contributed by atoms with van der Waals surface area (Å²) < 4.78 is 3.36. The van der Waals surface area contributed by atoms with Crippen molar-refractivity contribution in [2.45, 2.75) is 13.8 Å². The number of benzene rings is 6. The summed E-state index contributed by atoms with van der Waals surface area (Å²) in [6.45, 7) is 4.01. The normalized spacial score (nSPS) is 14.5. The molecule has 0 saturated carbocycles. The van der Waals surface area contributed by atoms with Crippen LogP contribution in [-0.4, -0.2) is 33.0 Å². The molecule has 2 aliphatic heterocycles. The highest BCUT2D eigenvalue weighted by Gasteiger charge is 2.42. The monoisotopic (exact) mass is 624 g/mol. The molecule has 10 rings (SSSR count). The first kappa shape index (κ1) is 26.7. The Labute approximate surface area is 272 Å². The van der Waals surface area contributed by atoms with Gasteiger partial charge in [0.15, 0.2) is 0 Å². The number of carbonyl (C=O) groups excluding carboxylic acids is 4. The number of imide groups is 2. The number of rotatable bonds is 2. The third-order valence-corrected chi connectivity index (χ3v) is 9.86. The first-order valence-electron chi connectivity index (χ1n) is 15.7. The van der Waals surface area contributed by atoms with Gasteiger partial charge in [-0.3, -0.25) is 19.2 Å². The Morgan fingerprint density at radius 2 is 0.708 bits per heavy atom. The maximum absolute atomic E-state index is 14.4. The molecule has 6 aromatic carbocycles. The fourth-order valence-electron chi connectivity index (χ4n) is 7.78. The molecule has 0 atom stereocenters. The summed E-state index contributed by atoms with van der Waals surface area (Å²) in [7, 11) is 0. The Balaban J connectivity index is 1.18. The molecule has 2 aromatic heterocycles. The average Bonchev–Trinajstić information content (AvgIpc) is 3.58. The number of hydrogen-bond acceptors (Lipinski definition) is 4. The summed E-state index contributed by atoms with van der Waals surface area (Å²) >= 11 is 0. The van der Waals surface area contributed by atoms with Crippen molar-refractivity contribution in [3.05, 3.63) is 143 Å². The molecule has 8 heteroatoms. The van der Waals surface area contributed by atoms with E-state index in [2.05, 4.69) is 0 Å². The van der Waals surface area contributed by atoms with Crippen molar-refractivity contribution in [1.82, 2.24) is 9.35 Å².